The topological polar surface area (TPSA) is 77.5 Å². The lowest BCUT2D eigenvalue weighted by atomic mass is 9.95. The van der Waals surface area contributed by atoms with Crippen molar-refractivity contribution in [3.8, 4) is 15.5 Å². The molecular formula is C43H18F4O5S4. The van der Waals surface area contributed by atoms with E-state index in [0.717, 1.165) is 58.4 Å². The molecule has 0 saturated heterocycles. The average molecular weight is 819 g/mol. The Morgan fingerprint density at radius 3 is 1.30 bits per heavy atom. The van der Waals surface area contributed by atoms with Gasteiger partial charge in [-0.1, -0.05) is 0 Å². The Balaban J connectivity index is 0.935. The number of ketones is 4. The van der Waals surface area contributed by atoms with Gasteiger partial charge in [-0.25, -0.2) is 17.6 Å². The monoisotopic (exact) mass is 818 g/mol. The van der Waals surface area contributed by atoms with Gasteiger partial charge in [-0.2, -0.15) is 0 Å². The molecule has 4 aromatic carbocycles. The van der Waals surface area contributed by atoms with E-state index in [2.05, 4.69) is 0 Å². The van der Waals surface area contributed by atoms with Crippen molar-refractivity contribution in [2.24, 2.45) is 0 Å². The molecule has 0 N–H and O–H groups in total. The maximum Gasteiger partial charge on any atom is 0.197 e. The number of thiophene rings is 4. The van der Waals surface area contributed by atoms with Gasteiger partial charge in [0.05, 0.1) is 35.0 Å². The van der Waals surface area contributed by atoms with Crippen molar-refractivity contribution in [3.05, 3.63) is 133 Å². The number of benzene rings is 4. The highest BCUT2D eigenvalue weighted by atomic mass is 32.1. The SMILES string of the molecule is CC1(C)Oc2c(sc3cc(C=C4C(=O)c5cc6cc(F)c(F)cc6cc5C4=O)sc23)-c2sc3cc(C=C4C(=O)c5cc6cc(F)c(F)cc6cc5C4=O)sc3c21. The molecule has 3 aliphatic rings. The average Bonchev–Trinajstić information content (AvgIpc) is 3.97. The fourth-order valence-corrected chi connectivity index (χ4v) is 13.3. The summed E-state index contributed by atoms with van der Waals surface area (Å²) in [5.74, 6) is -5.31. The molecule has 0 saturated carbocycles. The van der Waals surface area contributed by atoms with Gasteiger partial charge in [-0.05, 0) is 108 Å². The first-order chi connectivity index (χ1) is 26.7. The number of Topliss-reactive ketones (excluding diaryl/α,β-unsaturated/α-hetero) is 4. The molecule has 2 aliphatic carbocycles. The minimum atomic E-state index is -1.04. The molecule has 4 aromatic heterocycles. The van der Waals surface area contributed by atoms with Gasteiger partial charge in [0.15, 0.2) is 52.2 Å². The van der Waals surface area contributed by atoms with E-state index in [4.69, 9.17) is 4.74 Å². The summed E-state index contributed by atoms with van der Waals surface area (Å²) < 4.78 is 66.1. The van der Waals surface area contributed by atoms with Crippen LogP contribution in [0.15, 0.2) is 71.8 Å². The zero-order valence-corrected chi connectivity index (χ0v) is 31.9. The molecule has 1 aliphatic heterocycles. The fraction of sp³-hybridized carbons (Fsp3) is 0.0698. The van der Waals surface area contributed by atoms with Crippen LogP contribution in [0.25, 0.3) is 62.3 Å². The largest absolute Gasteiger partial charge is 0.480 e. The van der Waals surface area contributed by atoms with Gasteiger partial charge in [-0.3, -0.25) is 19.2 Å². The van der Waals surface area contributed by atoms with Crippen LogP contribution in [0.4, 0.5) is 17.6 Å². The second-order valence-electron chi connectivity index (χ2n) is 14.3. The van der Waals surface area contributed by atoms with Crippen LogP contribution in [0, 0.1) is 23.3 Å². The highest BCUT2D eigenvalue weighted by molar-refractivity contribution is 7.35. The minimum Gasteiger partial charge on any atom is -0.480 e. The summed E-state index contributed by atoms with van der Waals surface area (Å²) in [6.45, 7) is 3.95. The molecule has 13 heteroatoms. The summed E-state index contributed by atoms with van der Waals surface area (Å²) >= 11 is 5.98. The normalized spacial score (nSPS) is 15.7. The summed E-state index contributed by atoms with van der Waals surface area (Å²) in [5.41, 5.74) is 0.816. The van der Waals surface area contributed by atoms with Crippen LogP contribution in [0.5, 0.6) is 5.75 Å². The van der Waals surface area contributed by atoms with E-state index in [1.165, 1.54) is 46.9 Å². The van der Waals surface area contributed by atoms with Crippen molar-refractivity contribution >= 4 is 121 Å². The van der Waals surface area contributed by atoms with Crippen LogP contribution in [-0.2, 0) is 5.60 Å². The molecule has 0 amide bonds. The molecule has 0 unspecified atom stereocenters. The quantitative estimate of drug-likeness (QED) is 0.0986. The van der Waals surface area contributed by atoms with Gasteiger partial charge in [0, 0.05) is 42.3 Å². The van der Waals surface area contributed by atoms with Crippen LogP contribution in [0.3, 0.4) is 0 Å². The Kier molecular flexibility index (Phi) is 6.78. The minimum absolute atomic E-state index is 0.00910. The van der Waals surface area contributed by atoms with E-state index in [1.807, 2.05) is 26.0 Å². The third kappa shape index (κ3) is 4.62. The van der Waals surface area contributed by atoms with Gasteiger partial charge in [-0.15, -0.1) is 45.3 Å². The van der Waals surface area contributed by atoms with Crippen LogP contribution >= 0.6 is 45.3 Å². The van der Waals surface area contributed by atoms with Crippen molar-refractivity contribution in [2.45, 2.75) is 19.4 Å². The van der Waals surface area contributed by atoms with E-state index in [-0.39, 0.29) is 33.4 Å². The maximum absolute atomic E-state index is 13.9. The number of carbonyl (C=O) groups excluding carboxylic acids is 4. The summed E-state index contributed by atoms with van der Waals surface area (Å²) in [6.07, 6.45) is 3.15. The molecule has 8 aromatic rings. The van der Waals surface area contributed by atoms with E-state index < -0.39 is 52.0 Å². The number of rotatable bonds is 2. The van der Waals surface area contributed by atoms with Crippen molar-refractivity contribution < 1.29 is 41.5 Å². The first-order valence-corrected chi connectivity index (χ1v) is 20.3. The lowest BCUT2D eigenvalue weighted by Gasteiger charge is -2.31. The molecule has 5 nitrogen and oxygen atoms in total. The lowest BCUT2D eigenvalue weighted by Crippen LogP contribution is -2.27. The second kappa shape index (κ2) is 11.3. The molecule has 56 heavy (non-hydrogen) atoms. The molecule has 0 fully saturated rings. The van der Waals surface area contributed by atoms with Crippen molar-refractivity contribution in [2.75, 3.05) is 0 Å². The number of hydrogen-bond donors (Lipinski definition) is 0. The van der Waals surface area contributed by atoms with Crippen molar-refractivity contribution in [1.82, 2.24) is 0 Å². The van der Waals surface area contributed by atoms with E-state index in [0.29, 0.717) is 37.0 Å². The molecule has 0 bridgehead atoms. The van der Waals surface area contributed by atoms with Gasteiger partial charge < -0.3 is 4.74 Å². The number of carbonyl (C=O) groups is 4. The van der Waals surface area contributed by atoms with Crippen LogP contribution in [0.1, 0.15) is 70.6 Å². The Morgan fingerprint density at radius 2 is 0.875 bits per heavy atom. The molecule has 5 heterocycles. The van der Waals surface area contributed by atoms with E-state index in [9.17, 15) is 36.7 Å². The number of hydrogen-bond acceptors (Lipinski definition) is 9. The highest BCUT2D eigenvalue weighted by Crippen LogP contribution is 2.60. The summed E-state index contributed by atoms with van der Waals surface area (Å²) in [6, 6.07) is 13.7. The lowest BCUT2D eigenvalue weighted by molar-refractivity contribution is 0.0975. The first kappa shape index (κ1) is 33.7. The first-order valence-electron chi connectivity index (χ1n) is 17.0. The van der Waals surface area contributed by atoms with Crippen molar-refractivity contribution in [3.63, 3.8) is 0 Å². The molecule has 0 atom stereocenters. The second-order valence-corrected chi connectivity index (χ2v) is 18.6. The summed E-state index contributed by atoms with van der Waals surface area (Å²) in [5, 5.41) is 1.31. The van der Waals surface area contributed by atoms with Crippen LogP contribution in [-0.4, -0.2) is 23.1 Å². The van der Waals surface area contributed by atoms with Gasteiger partial charge in [0.2, 0.25) is 0 Å². The smallest absolute Gasteiger partial charge is 0.197 e. The Bertz CT molecular complexity index is 3210. The third-order valence-electron chi connectivity index (χ3n) is 10.5. The van der Waals surface area contributed by atoms with Gasteiger partial charge >= 0.3 is 0 Å². The number of allylic oxidation sites excluding steroid dienone is 2. The highest BCUT2D eigenvalue weighted by Gasteiger charge is 2.41. The fourth-order valence-electron chi connectivity index (χ4n) is 7.86. The number of ether oxygens (including phenoxy) is 1. The predicted octanol–water partition coefficient (Wildman–Crippen LogP) is 12.3. The predicted molar refractivity (Wildman–Crippen MR) is 213 cm³/mol. The summed E-state index contributed by atoms with van der Waals surface area (Å²) in [7, 11) is 0. The maximum atomic E-state index is 13.9. The zero-order chi connectivity index (χ0) is 38.7. The number of halogens is 4. The zero-order valence-electron chi connectivity index (χ0n) is 28.6. The third-order valence-corrected chi connectivity index (χ3v) is 15.3. The molecule has 11 rings (SSSR count). The van der Waals surface area contributed by atoms with Gasteiger partial charge in [0.25, 0.3) is 0 Å². The Labute approximate surface area is 328 Å². The van der Waals surface area contributed by atoms with Gasteiger partial charge in [0.1, 0.15) is 5.60 Å². The number of fused-ring (bicyclic) bond motifs is 11. The molecule has 0 spiro atoms. The van der Waals surface area contributed by atoms with E-state index in [1.54, 1.807) is 34.8 Å². The summed E-state index contributed by atoms with van der Waals surface area (Å²) in [4.78, 5) is 57.1. The van der Waals surface area contributed by atoms with E-state index >= 15 is 0 Å². The Morgan fingerprint density at radius 1 is 0.500 bits per heavy atom. The van der Waals surface area contributed by atoms with Crippen molar-refractivity contribution in [1.29, 1.82) is 0 Å². The standard InChI is InChI=1S/C43H18F4O5S4/c1-43(2)33-39-31(13-19(53-39)11-25-34(48)21-3-15-7-27(44)28(45)8-16(15)4-22(21)35(25)49)55-41(33)42-38(52-43)40-32(56-42)14-20(54-40)12-26-36(50)23-5-17-9-29(46)30(47)10-18(17)6-24(23)37(26)51/h3-14H,1-2H3. The molecular weight excluding hydrogens is 801 g/mol. The molecule has 272 valence electrons. The van der Waals surface area contributed by atoms with Crippen LogP contribution < -0.4 is 4.74 Å². The molecule has 0 radical (unpaired) electrons. The Hall–Kier alpha value is -5.60. The van der Waals surface area contributed by atoms with Crippen LogP contribution in [0.2, 0.25) is 0 Å².